The van der Waals surface area contributed by atoms with Crippen LogP contribution in [0.25, 0.3) is 21.5 Å². The molecular formula is C23H25NO2. The van der Waals surface area contributed by atoms with Crippen LogP contribution in [-0.2, 0) is 11.3 Å². The van der Waals surface area contributed by atoms with Gasteiger partial charge in [-0.05, 0) is 53.2 Å². The van der Waals surface area contributed by atoms with Crippen molar-refractivity contribution in [3.05, 3.63) is 71.8 Å². The fourth-order valence-electron chi connectivity index (χ4n) is 3.25. The highest BCUT2D eigenvalue weighted by Crippen LogP contribution is 2.34. The molecule has 26 heavy (non-hydrogen) atoms. The fraction of sp³-hybridized carbons (Fsp3) is 0.261. The molecule has 0 saturated heterocycles. The molecule has 3 rings (SSSR count). The maximum Gasteiger partial charge on any atom is 0.339 e. The predicted octanol–water partition coefficient (Wildman–Crippen LogP) is 5.18. The maximum atomic E-state index is 12.9. The number of ether oxygens (including phenoxy) is 1. The lowest BCUT2D eigenvalue weighted by atomic mass is 9.91. The third-order valence-corrected chi connectivity index (χ3v) is 4.66. The standard InChI is InChI=1S/C23H25NO2/c1-5-24(4)14-21-17-10-6-8-12-19(17)22(23(25)26-15-16(2)3)20-13-9-7-11-18(20)21/h6-13H,2,5,14-15H2,1,3-4H3. The van der Waals surface area contributed by atoms with Crippen molar-refractivity contribution in [3.63, 3.8) is 0 Å². The third-order valence-electron chi connectivity index (χ3n) is 4.66. The topological polar surface area (TPSA) is 29.5 Å². The number of fused-ring (bicyclic) bond motifs is 2. The van der Waals surface area contributed by atoms with E-state index in [4.69, 9.17) is 4.74 Å². The van der Waals surface area contributed by atoms with Gasteiger partial charge in [-0.15, -0.1) is 0 Å². The Balaban J connectivity index is 2.29. The second-order valence-electron chi connectivity index (χ2n) is 6.81. The minimum atomic E-state index is -0.296. The van der Waals surface area contributed by atoms with Crippen LogP contribution in [0.5, 0.6) is 0 Å². The van der Waals surface area contributed by atoms with Crippen LogP contribution < -0.4 is 0 Å². The summed E-state index contributed by atoms with van der Waals surface area (Å²) in [5, 5.41) is 4.09. The van der Waals surface area contributed by atoms with Gasteiger partial charge in [-0.3, -0.25) is 0 Å². The normalized spacial score (nSPS) is 11.2. The Labute approximate surface area is 154 Å². The summed E-state index contributed by atoms with van der Waals surface area (Å²) in [5.41, 5.74) is 2.71. The summed E-state index contributed by atoms with van der Waals surface area (Å²) >= 11 is 0. The summed E-state index contributed by atoms with van der Waals surface area (Å²) in [5.74, 6) is -0.296. The summed E-state index contributed by atoms with van der Waals surface area (Å²) in [7, 11) is 2.11. The number of rotatable bonds is 6. The van der Waals surface area contributed by atoms with E-state index in [2.05, 4.69) is 37.6 Å². The Kier molecular flexibility index (Phi) is 5.38. The molecule has 0 fully saturated rings. The van der Waals surface area contributed by atoms with Crippen molar-refractivity contribution in [1.29, 1.82) is 0 Å². The Morgan fingerprint density at radius 2 is 1.50 bits per heavy atom. The zero-order valence-corrected chi connectivity index (χ0v) is 15.7. The van der Waals surface area contributed by atoms with Crippen LogP contribution in [0.15, 0.2) is 60.7 Å². The van der Waals surface area contributed by atoms with Crippen LogP contribution in [0.2, 0.25) is 0 Å². The number of esters is 1. The molecule has 3 aromatic carbocycles. The Morgan fingerprint density at radius 1 is 1.00 bits per heavy atom. The van der Waals surface area contributed by atoms with E-state index in [-0.39, 0.29) is 12.6 Å². The van der Waals surface area contributed by atoms with Gasteiger partial charge in [-0.25, -0.2) is 4.79 Å². The van der Waals surface area contributed by atoms with Crippen LogP contribution in [0.1, 0.15) is 29.8 Å². The van der Waals surface area contributed by atoms with E-state index >= 15 is 0 Å². The molecule has 0 spiro atoms. The summed E-state index contributed by atoms with van der Waals surface area (Å²) in [6.07, 6.45) is 0. The van der Waals surface area contributed by atoms with Crippen molar-refractivity contribution < 1.29 is 9.53 Å². The van der Waals surface area contributed by atoms with Gasteiger partial charge in [-0.1, -0.05) is 62.0 Å². The van der Waals surface area contributed by atoms with Crippen LogP contribution in [0, 0.1) is 0 Å². The largest absolute Gasteiger partial charge is 0.458 e. The summed E-state index contributed by atoms with van der Waals surface area (Å²) in [4.78, 5) is 15.2. The number of hydrogen-bond acceptors (Lipinski definition) is 3. The Hall–Kier alpha value is -2.65. The van der Waals surface area contributed by atoms with Crippen molar-refractivity contribution >= 4 is 27.5 Å². The van der Waals surface area contributed by atoms with Crippen molar-refractivity contribution in [2.45, 2.75) is 20.4 Å². The summed E-state index contributed by atoms with van der Waals surface area (Å²) < 4.78 is 5.50. The average Bonchev–Trinajstić information content (AvgIpc) is 2.65. The molecule has 0 atom stereocenters. The van der Waals surface area contributed by atoms with Crippen LogP contribution in [-0.4, -0.2) is 31.1 Å². The first-order chi connectivity index (χ1) is 12.5. The first kappa shape index (κ1) is 18.2. The van der Waals surface area contributed by atoms with E-state index in [1.165, 1.54) is 5.56 Å². The van der Waals surface area contributed by atoms with Crippen LogP contribution in [0.3, 0.4) is 0 Å². The monoisotopic (exact) mass is 347 g/mol. The zero-order chi connectivity index (χ0) is 18.7. The molecule has 0 aliphatic carbocycles. The van der Waals surface area contributed by atoms with Crippen molar-refractivity contribution in [2.24, 2.45) is 0 Å². The van der Waals surface area contributed by atoms with Gasteiger partial charge in [0.15, 0.2) is 0 Å². The second kappa shape index (κ2) is 7.71. The van der Waals surface area contributed by atoms with Gasteiger partial charge in [-0.2, -0.15) is 0 Å². The molecule has 0 aromatic heterocycles. The van der Waals surface area contributed by atoms with Crippen LogP contribution >= 0.6 is 0 Å². The van der Waals surface area contributed by atoms with Gasteiger partial charge >= 0.3 is 5.97 Å². The van der Waals surface area contributed by atoms with Gasteiger partial charge in [0.25, 0.3) is 0 Å². The van der Waals surface area contributed by atoms with Gasteiger partial charge < -0.3 is 9.64 Å². The fourth-order valence-corrected chi connectivity index (χ4v) is 3.25. The molecule has 0 aliphatic heterocycles. The third kappa shape index (κ3) is 3.49. The predicted molar refractivity (Wildman–Crippen MR) is 109 cm³/mol. The molecule has 3 aromatic rings. The second-order valence-corrected chi connectivity index (χ2v) is 6.81. The first-order valence-electron chi connectivity index (χ1n) is 8.95. The number of carbonyl (C=O) groups is 1. The number of benzene rings is 3. The molecular weight excluding hydrogens is 322 g/mol. The number of carbonyl (C=O) groups excluding carboxylic acids is 1. The van der Waals surface area contributed by atoms with Crippen molar-refractivity contribution in [1.82, 2.24) is 4.90 Å². The van der Waals surface area contributed by atoms with E-state index in [0.717, 1.165) is 40.2 Å². The van der Waals surface area contributed by atoms with Crippen molar-refractivity contribution in [3.8, 4) is 0 Å². The molecule has 0 bridgehead atoms. The highest BCUT2D eigenvalue weighted by molar-refractivity contribution is 6.18. The molecule has 0 unspecified atom stereocenters. The SMILES string of the molecule is C=C(C)COC(=O)c1c2ccccc2c(CN(C)CC)c2ccccc12. The zero-order valence-electron chi connectivity index (χ0n) is 15.7. The molecule has 0 heterocycles. The quantitative estimate of drug-likeness (QED) is 0.350. The van der Waals surface area contributed by atoms with Gasteiger partial charge in [0.1, 0.15) is 6.61 Å². The van der Waals surface area contributed by atoms with E-state index < -0.39 is 0 Å². The van der Waals surface area contributed by atoms with E-state index in [0.29, 0.717) is 5.56 Å². The number of hydrogen-bond donors (Lipinski definition) is 0. The minimum absolute atomic E-state index is 0.238. The van der Waals surface area contributed by atoms with E-state index in [9.17, 15) is 4.79 Å². The van der Waals surface area contributed by atoms with Gasteiger partial charge in [0, 0.05) is 6.54 Å². The lowest BCUT2D eigenvalue weighted by Gasteiger charge is -2.20. The molecule has 0 aliphatic rings. The van der Waals surface area contributed by atoms with Gasteiger partial charge in [0.2, 0.25) is 0 Å². The van der Waals surface area contributed by atoms with Crippen molar-refractivity contribution in [2.75, 3.05) is 20.2 Å². The molecule has 0 N–H and O–H groups in total. The Morgan fingerprint density at radius 3 is 1.96 bits per heavy atom. The van der Waals surface area contributed by atoms with Crippen LogP contribution in [0.4, 0.5) is 0 Å². The summed E-state index contributed by atoms with van der Waals surface area (Å²) in [6, 6.07) is 16.2. The molecule has 3 heteroatoms. The average molecular weight is 347 g/mol. The minimum Gasteiger partial charge on any atom is -0.458 e. The first-order valence-corrected chi connectivity index (χ1v) is 8.95. The molecule has 0 saturated carbocycles. The van der Waals surface area contributed by atoms with Gasteiger partial charge in [0.05, 0.1) is 5.56 Å². The molecule has 0 amide bonds. The maximum absolute atomic E-state index is 12.9. The van der Waals surface area contributed by atoms with E-state index in [1.54, 1.807) is 0 Å². The lowest BCUT2D eigenvalue weighted by molar-refractivity contribution is 0.0545. The molecule has 134 valence electrons. The Bertz CT molecular complexity index is 918. The van der Waals surface area contributed by atoms with E-state index in [1.807, 2.05) is 43.3 Å². The smallest absolute Gasteiger partial charge is 0.339 e. The highest BCUT2D eigenvalue weighted by atomic mass is 16.5. The number of nitrogens with zero attached hydrogens (tertiary/aromatic N) is 1. The summed E-state index contributed by atoms with van der Waals surface area (Å²) in [6.45, 7) is 9.85. The lowest BCUT2D eigenvalue weighted by Crippen LogP contribution is -2.18. The highest BCUT2D eigenvalue weighted by Gasteiger charge is 2.20. The molecule has 0 radical (unpaired) electrons. The molecule has 3 nitrogen and oxygen atoms in total.